The summed E-state index contributed by atoms with van der Waals surface area (Å²) in [6.07, 6.45) is 4.78. The van der Waals surface area contributed by atoms with Gasteiger partial charge < -0.3 is 0 Å². The Labute approximate surface area is 64.5 Å². The Morgan fingerprint density at radius 3 is 2.45 bits per heavy atom. The number of rotatable bonds is 2. The minimum absolute atomic E-state index is 0.232. The Bertz CT molecular complexity index is 241. The normalized spacial score (nSPS) is 27.1. The van der Waals surface area contributed by atoms with Gasteiger partial charge in [0, 0.05) is 12.8 Å². The van der Waals surface area contributed by atoms with Crippen molar-refractivity contribution in [3.8, 4) is 0 Å². The molecule has 3 nitrogen and oxygen atoms in total. The second-order valence-corrected chi connectivity index (χ2v) is 3.47. The lowest BCUT2D eigenvalue weighted by Crippen LogP contribution is -2.44. The number of carbonyl (C=O) groups excluding carboxylic acids is 2. The van der Waals surface area contributed by atoms with E-state index in [1.165, 1.54) is 0 Å². The molecule has 3 heteroatoms. The van der Waals surface area contributed by atoms with E-state index in [1.807, 2.05) is 0 Å². The molecule has 0 radical (unpaired) electrons. The Hall–Kier alpha value is -0.950. The summed E-state index contributed by atoms with van der Waals surface area (Å²) in [5.74, 6) is 0.734. The summed E-state index contributed by atoms with van der Waals surface area (Å²) in [6.45, 7) is 0. The largest absolute Gasteiger partial charge is 0.300 e. The highest BCUT2D eigenvalue weighted by Gasteiger charge is 2.53. The average molecular weight is 151 g/mol. The number of hydrogen-bond acceptors (Lipinski definition) is 3. The number of Topliss-reactive ketones (excluding diaryl/α,β-unsaturated/α-hetero) is 1. The van der Waals surface area contributed by atoms with Gasteiger partial charge in [0.25, 0.3) is 0 Å². The molecule has 0 heterocycles. The van der Waals surface area contributed by atoms with Crippen LogP contribution in [0, 0.1) is 5.92 Å². The quantitative estimate of drug-likeness (QED) is 0.433. The lowest BCUT2D eigenvalue weighted by Gasteiger charge is -2.35. The Kier molecular flexibility index (Phi) is 1.24. The van der Waals surface area contributed by atoms with Crippen molar-refractivity contribution in [1.82, 2.24) is 0 Å². The van der Waals surface area contributed by atoms with E-state index in [4.69, 9.17) is 0 Å². The fourth-order valence-corrected chi connectivity index (χ4v) is 1.80. The molecule has 0 bridgehead atoms. The fourth-order valence-electron chi connectivity index (χ4n) is 1.80. The van der Waals surface area contributed by atoms with Gasteiger partial charge in [-0.25, -0.2) is 4.79 Å². The van der Waals surface area contributed by atoms with Gasteiger partial charge in [0.05, 0.1) is 5.54 Å². The predicted molar refractivity (Wildman–Crippen MR) is 37.8 cm³/mol. The zero-order valence-corrected chi connectivity index (χ0v) is 6.17. The SMILES string of the molecule is O=C=NC1(C2CC2)CC(=O)C1. The standard InChI is InChI=1S/C8H9NO2/c10-5-9-8(6-1-2-6)3-7(11)4-8/h6H,1-4H2. The second kappa shape index (κ2) is 2.02. The molecule has 0 saturated heterocycles. The van der Waals surface area contributed by atoms with E-state index in [0.717, 1.165) is 12.8 Å². The van der Waals surface area contributed by atoms with Crippen LogP contribution in [-0.2, 0) is 9.59 Å². The number of hydrogen-bond donors (Lipinski definition) is 0. The molecule has 0 unspecified atom stereocenters. The molecule has 0 aromatic carbocycles. The maximum atomic E-state index is 10.7. The van der Waals surface area contributed by atoms with Gasteiger partial charge in [-0.05, 0) is 18.8 Å². The fraction of sp³-hybridized carbons (Fsp3) is 0.750. The van der Waals surface area contributed by atoms with Crippen molar-refractivity contribution < 1.29 is 9.59 Å². The van der Waals surface area contributed by atoms with Gasteiger partial charge in [-0.1, -0.05) is 0 Å². The number of isocyanates is 1. The summed E-state index contributed by atoms with van der Waals surface area (Å²) >= 11 is 0. The first kappa shape index (κ1) is 6.74. The van der Waals surface area contributed by atoms with Crippen molar-refractivity contribution in [2.75, 3.05) is 0 Å². The van der Waals surface area contributed by atoms with Gasteiger partial charge in [-0.3, -0.25) is 4.79 Å². The molecule has 0 N–H and O–H groups in total. The molecule has 0 aliphatic heterocycles. The van der Waals surface area contributed by atoms with Crippen molar-refractivity contribution in [2.24, 2.45) is 10.9 Å². The van der Waals surface area contributed by atoms with Crippen molar-refractivity contribution >= 4 is 11.9 Å². The zero-order chi connectivity index (χ0) is 7.90. The molecule has 2 rings (SSSR count). The maximum Gasteiger partial charge on any atom is 0.235 e. The molecule has 0 atom stereocenters. The van der Waals surface area contributed by atoms with E-state index in [-0.39, 0.29) is 11.3 Å². The van der Waals surface area contributed by atoms with Crippen LogP contribution >= 0.6 is 0 Å². The molecule has 0 amide bonds. The minimum atomic E-state index is -0.293. The minimum Gasteiger partial charge on any atom is -0.300 e. The molecule has 2 aliphatic rings. The second-order valence-electron chi connectivity index (χ2n) is 3.47. The Morgan fingerprint density at radius 2 is 2.09 bits per heavy atom. The summed E-state index contributed by atoms with van der Waals surface area (Å²) in [5, 5.41) is 0. The monoisotopic (exact) mass is 151 g/mol. The van der Waals surface area contributed by atoms with Gasteiger partial charge in [0.2, 0.25) is 6.08 Å². The van der Waals surface area contributed by atoms with E-state index >= 15 is 0 Å². The molecular formula is C8H9NO2. The number of nitrogens with zero attached hydrogens (tertiary/aromatic N) is 1. The molecule has 11 heavy (non-hydrogen) atoms. The molecule has 2 aliphatic carbocycles. The summed E-state index contributed by atoms with van der Waals surface area (Å²) in [7, 11) is 0. The van der Waals surface area contributed by atoms with Crippen LogP contribution in [0.15, 0.2) is 4.99 Å². The summed E-state index contributed by atoms with van der Waals surface area (Å²) in [5.41, 5.74) is -0.293. The summed E-state index contributed by atoms with van der Waals surface area (Å²) in [4.78, 5) is 24.5. The third-order valence-electron chi connectivity index (χ3n) is 2.61. The first-order valence-corrected chi connectivity index (χ1v) is 3.87. The maximum absolute atomic E-state index is 10.7. The first-order valence-electron chi connectivity index (χ1n) is 3.87. The molecular weight excluding hydrogens is 142 g/mol. The van der Waals surface area contributed by atoms with E-state index in [0.29, 0.717) is 18.8 Å². The summed E-state index contributed by atoms with van der Waals surface area (Å²) in [6, 6.07) is 0. The zero-order valence-electron chi connectivity index (χ0n) is 6.17. The Morgan fingerprint density at radius 1 is 1.45 bits per heavy atom. The van der Waals surface area contributed by atoms with Crippen LogP contribution in [0.2, 0.25) is 0 Å². The van der Waals surface area contributed by atoms with Gasteiger partial charge in [-0.2, -0.15) is 4.99 Å². The highest BCUT2D eigenvalue weighted by Crippen LogP contribution is 2.51. The van der Waals surface area contributed by atoms with E-state index < -0.39 is 0 Å². The van der Waals surface area contributed by atoms with Gasteiger partial charge in [0.1, 0.15) is 5.78 Å². The third-order valence-corrected chi connectivity index (χ3v) is 2.61. The van der Waals surface area contributed by atoms with Crippen molar-refractivity contribution in [2.45, 2.75) is 31.2 Å². The van der Waals surface area contributed by atoms with Gasteiger partial charge in [-0.15, -0.1) is 0 Å². The molecule has 2 saturated carbocycles. The van der Waals surface area contributed by atoms with Crippen LogP contribution in [0.3, 0.4) is 0 Å². The summed E-state index contributed by atoms with van der Waals surface area (Å²) < 4.78 is 0. The van der Waals surface area contributed by atoms with Crippen LogP contribution in [-0.4, -0.2) is 17.4 Å². The van der Waals surface area contributed by atoms with E-state index in [9.17, 15) is 9.59 Å². The van der Waals surface area contributed by atoms with Crippen LogP contribution in [0.25, 0.3) is 0 Å². The van der Waals surface area contributed by atoms with Crippen LogP contribution in [0.5, 0.6) is 0 Å². The first-order chi connectivity index (χ1) is 5.27. The third kappa shape index (κ3) is 0.925. The van der Waals surface area contributed by atoms with Crippen molar-refractivity contribution in [3.05, 3.63) is 0 Å². The lowest BCUT2D eigenvalue weighted by atomic mass is 9.72. The molecule has 2 fully saturated rings. The number of carbonyl (C=O) groups is 1. The molecule has 58 valence electrons. The van der Waals surface area contributed by atoms with Crippen LogP contribution in [0.1, 0.15) is 25.7 Å². The average Bonchev–Trinajstić information content (AvgIpc) is 2.65. The lowest BCUT2D eigenvalue weighted by molar-refractivity contribution is -0.128. The van der Waals surface area contributed by atoms with Gasteiger partial charge in [0.15, 0.2) is 0 Å². The molecule has 0 aromatic heterocycles. The molecule has 0 spiro atoms. The predicted octanol–water partition coefficient (Wildman–Crippen LogP) is 0.834. The van der Waals surface area contributed by atoms with Crippen LogP contribution in [0.4, 0.5) is 0 Å². The van der Waals surface area contributed by atoms with Crippen LogP contribution < -0.4 is 0 Å². The van der Waals surface area contributed by atoms with E-state index in [2.05, 4.69) is 4.99 Å². The van der Waals surface area contributed by atoms with Gasteiger partial charge >= 0.3 is 0 Å². The number of ketones is 1. The smallest absolute Gasteiger partial charge is 0.235 e. The highest BCUT2D eigenvalue weighted by molar-refractivity contribution is 5.88. The van der Waals surface area contributed by atoms with E-state index in [1.54, 1.807) is 6.08 Å². The number of aliphatic imine (C=N–C) groups is 1. The molecule has 0 aromatic rings. The Balaban J connectivity index is 2.15. The highest BCUT2D eigenvalue weighted by atomic mass is 16.1. The van der Waals surface area contributed by atoms with Crippen molar-refractivity contribution in [3.63, 3.8) is 0 Å². The topological polar surface area (TPSA) is 46.5 Å². The van der Waals surface area contributed by atoms with Crippen molar-refractivity contribution in [1.29, 1.82) is 0 Å².